The molecule has 0 aliphatic rings. The van der Waals surface area contributed by atoms with Crippen molar-refractivity contribution >= 4 is 28.5 Å². The third kappa shape index (κ3) is 2.47. The average Bonchev–Trinajstić information content (AvgIpc) is 2.62. The van der Waals surface area contributed by atoms with Crippen molar-refractivity contribution in [3.05, 3.63) is 72.0 Å². The number of hydrogen-bond acceptors (Lipinski definition) is 4. The number of pyridine rings is 1. The van der Waals surface area contributed by atoms with Crippen molar-refractivity contribution in [2.24, 2.45) is 0 Å². The van der Waals surface area contributed by atoms with E-state index >= 15 is 0 Å². The summed E-state index contributed by atoms with van der Waals surface area (Å²) in [6, 6.07) is 19.6. The van der Waals surface area contributed by atoms with Gasteiger partial charge in [-0.1, -0.05) is 60.1 Å². The molecular weight excluding hydrogens is 320 g/mol. The topological polar surface area (TPSA) is 64.7 Å². The zero-order valence-corrected chi connectivity index (χ0v) is 13.4. The van der Waals surface area contributed by atoms with Crippen molar-refractivity contribution in [1.29, 1.82) is 0 Å². The van der Waals surface area contributed by atoms with Crippen LogP contribution in [0.1, 0.15) is 0 Å². The summed E-state index contributed by atoms with van der Waals surface area (Å²) in [4.78, 5) is 13.1. The molecule has 0 amide bonds. The normalized spacial score (nSPS) is 10.9. The van der Waals surface area contributed by atoms with Crippen molar-refractivity contribution in [1.82, 2.24) is 15.0 Å². The maximum Gasteiger partial charge on any atom is 0.165 e. The van der Waals surface area contributed by atoms with Crippen LogP contribution in [0, 0.1) is 0 Å². The minimum absolute atomic E-state index is 0.391. The fourth-order valence-electron chi connectivity index (χ4n) is 2.74. The standard InChI is InChI=1S/C19H13ClN4/c20-15-9-5-4-8-13(15)14-10-16(12-6-2-1-3-7-12)24-19-17(14)18(21)22-11-23-19/h1-11H,(H2,21,22,23,24). The Morgan fingerprint density at radius 3 is 2.38 bits per heavy atom. The van der Waals surface area contributed by atoms with Gasteiger partial charge in [-0.3, -0.25) is 0 Å². The highest BCUT2D eigenvalue weighted by atomic mass is 35.5. The smallest absolute Gasteiger partial charge is 0.165 e. The summed E-state index contributed by atoms with van der Waals surface area (Å²) in [6.07, 6.45) is 1.43. The van der Waals surface area contributed by atoms with Crippen LogP contribution in [0.5, 0.6) is 0 Å². The van der Waals surface area contributed by atoms with E-state index in [2.05, 4.69) is 15.0 Å². The van der Waals surface area contributed by atoms with Crippen LogP contribution < -0.4 is 5.73 Å². The molecule has 5 heteroatoms. The number of nitrogens with two attached hydrogens (primary N) is 1. The van der Waals surface area contributed by atoms with Gasteiger partial charge in [-0.05, 0) is 12.1 Å². The molecule has 2 aromatic heterocycles. The number of aromatic nitrogens is 3. The fraction of sp³-hybridized carbons (Fsp3) is 0. The summed E-state index contributed by atoms with van der Waals surface area (Å²) in [5, 5.41) is 1.36. The number of benzene rings is 2. The van der Waals surface area contributed by atoms with Gasteiger partial charge in [0.15, 0.2) is 5.65 Å². The lowest BCUT2D eigenvalue weighted by Gasteiger charge is -2.12. The Morgan fingerprint density at radius 1 is 0.833 bits per heavy atom. The maximum absolute atomic E-state index is 6.41. The second-order valence-electron chi connectivity index (χ2n) is 5.36. The second-order valence-corrected chi connectivity index (χ2v) is 5.77. The molecule has 2 aromatic carbocycles. The first-order chi connectivity index (χ1) is 11.7. The lowest BCUT2D eigenvalue weighted by atomic mass is 10.00. The van der Waals surface area contributed by atoms with E-state index in [1.165, 1.54) is 6.33 Å². The van der Waals surface area contributed by atoms with Gasteiger partial charge in [-0.2, -0.15) is 0 Å². The van der Waals surface area contributed by atoms with Gasteiger partial charge in [-0.15, -0.1) is 0 Å². The Hall–Kier alpha value is -2.98. The van der Waals surface area contributed by atoms with Crippen LogP contribution in [0.3, 0.4) is 0 Å². The first-order valence-corrected chi connectivity index (χ1v) is 7.83. The Bertz CT molecular complexity index is 1030. The average molecular weight is 333 g/mol. The van der Waals surface area contributed by atoms with E-state index in [4.69, 9.17) is 17.3 Å². The summed E-state index contributed by atoms with van der Waals surface area (Å²) in [6.45, 7) is 0. The van der Waals surface area contributed by atoms with E-state index in [0.29, 0.717) is 21.9 Å². The van der Waals surface area contributed by atoms with Crippen LogP contribution in [-0.4, -0.2) is 15.0 Å². The van der Waals surface area contributed by atoms with Crippen molar-refractivity contribution in [2.75, 3.05) is 5.73 Å². The monoisotopic (exact) mass is 332 g/mol. The molecule has 0 saturated heterocycles. The zero-order chi connectivity index (χ0) is 16.5. The van der Waals surface area contributed by atoms with Gasteiger partial charge in [0, 0.05) is 21.7 Å². The van der Waals surface area contributed by atoms with Gasteiger partial charge in [0.2, 0.25) is 0 Å². The van der Waals surface area contributed by atoms with E-state index in [0.717, 1.165) is 22.4 Å². The van der Waals surface area contributed by atoms with E-state index in [-0.39, 0.29) is 0 Å². The van der Waals surface area contributed by atoms with Gasteiger partial charge in [-0.25, -0.2) is 15.0 Å². The predicted molar refractivity (Wildman–Crippen MR) is 97.6 cm³/mol. The minimum atomic E-state index is 0.391. The number of rotatable bonds is 2. The molecule has 0 spiro atoms. The van der Waals surface area contributed by atoms with Crippen molar-refractivity contribution in [3.8, 4) is 22.4 Å². The maximum atomic E-state index is 6.41. The number of nitrogen functional groups attached to an aromatic ring is 1. The molecule has 0 bridgehead atoms. The van der Waals surface area contributed by atoms with Crippen LogP contribution in [-0.2, 0) is 0 Å². The molecule has 0 fully saturated rings. The van der Waals surface area contributed by atoms with E-state index < -0.39 is 0 Å². The van der Waals surface area contributed by atoms with Crippen molar-refractivity contribution < 1.29 is 0 Å². The SMILES string of the molecule is Nc1ncnc2nc(-c3ccccc3)cc(-c3ccccc3Cl)c12. The van der Waals surface area contributed by atoms with Crippen LogP contribution in [0.25, 0.3) is 33.4 Å². The van der Waals surface area contributed by atoms with E-state index in [1.807, 2.05) is 60.7 Å². The molecule has 0 radical (unpaired) electrons. The molecule has 0 aliphatic carbocycles. The van der Waals surface area contributed by atoms with E-state index in [1.54, 1.807) is 0 Å². The van der Waals surface area contributed by atoms with Crippen LogP contribution in [0.2, 0.25) is 5.02 Å². The molecule has 2 N–H and O–H groups in total. The molecule has 24 heavy (non-hydrogen) atoms. The first-order valence-electron chi connectivity index (χ1n) is 7.45. The Balaban J connectivity index is 2.09. The fourth-order valence-corrected chi connectivity index (χ4v) is 2.97. The largest absolute Gasteiger partial charge is 0.383 e. The number of halogens is 1. The number of anilines is 1. The first kappa shape index (κ1) is 14.6. The quantitative estimate of drug-likeness (QED) is 0.583. The summed E-state index contributed by atoms with van der Waals surface area (Å²) in [7, 11) is 0. The number of hydrogen-bond donors (Lipinski definition) is 1. The van der Waals surface area contributed by atoms with Crippen LogP contribution in [0.15, 0.2) is 67.0 Å². The van der Waals surface area contributed by atoms with Crippen LogP contribution in [0.4, 0.5) is 5.82 Å². The predicted octanol–water partition coefficient (Wildman–Crippen LogP) is 4.59. The second kappa shape index (κ2) is 5.91. The molecule has 4 aromatic rings. The highest BCUT2D eigenvalue weighted by Crippen LogP contribution is 2.36. The Morgan fingerprint density at radius 2 is 1.58 bits per heavy atom. The Kier molecular flexibility index (Phi) is 3.59. The van der Waals surface area contributed by atoms with Crippen molar-refractivity contribution in [2.45, 2.75) is 0 Å². The minimum Gasteiger partial charge on any atom is -0.383 e. The molecular formula is C19H13ClN4. The van der Waals surface area contributed by atoms with Crippen molar-refractivity contribution in [3.63, 3.8) is 0 Å². The summed E-state index contributed by atoms with van der Waals surface area (Å²) < 4.78 is 0. The van der Waals surface area contributed by atoms with Gasteiger partial charge in [0.1, 0.15) is 12.1 Å². The molecule has 0 aliphatic heterocycles. The summed E-state index contributed by atoms with van der Waals surface area (Å²) in [5.74, 6) is 0.391. The third-order valence-corrected chi connectivity index (χ3v) is 4.20. The molecule has 0 atom stereocenters. The molecule has 0 saturated carbocycles. The molecule has 4 rings (SSSR count). The summed E-state index contributed by atoms with van der Waals surface area (Å²) >= 11 is 6.41. The van der Waals surface area contributed by atoms with Gasteiger partial charge >= 0.3 is 0 Å². The van der Waals surface area contributed by atoms with Crippen LogP contribution >= 0.6 is 11.6 Å². The summed E-state index contributed by atoms with van der Waals surface area (Å²) in [5.41, 5.74) is 10.2. The molecule has 116 valence electrons. The van der Waals surface area contributed by atoms with Gasteiger partial charge < -0.3 is 5.73 Å². The Labute approximate surface area is 144 Å². The van der Waals surface area contributed by atoms with Gasteiger partial charge in [0.05, 0.1) is 11.1 Å². The molecule has 0 unspecified atom stereocenters. The zero-order valence-electron chi connectivity index (χ0n) is 12.6. The highest BCUT2D eigenvalue weighted by molar-refractivity contribution is 6.33. The molecule has 2 heterocycles. The number of nitrogens with zero attached hydrogens (tertiary/aromatic N) is 3. The third-order valence-electron chi connectivity index (χ3n) is 3.87. The number of fused-ring (bicyclic) bond motifs is 1. The van der Waals surface area contributed by atoms with Gasteiger partial charge in [0.25, 0.3) is 0 Å². The lowest BCUT2D eigenvalue weighted by Crippen LogP contribution is -1.98. The molecule has 4 nitrogen and oxygen atoms in total. The lowest BCUT2D eigenvalue weighted by molar-refractivity contribution is 1.19. The van der Waals surface area contributed by atoms with E-state index in [9.17, 15) is 0 Å². The highest BCUT2D eigenvalue weighted by Gasteiger charge is 2.15.